The van der Waals surface area contributed by atoms with Gasteiger partial charge in [-0.25, -0.2) is 0 Å². The van der Waals surface area contributed by atoms with Crippen molar-refractivity contribution in [1.29, 1.82) is 0 Å². The molecule has 3 heterocycles. The van der Waals surface area contributed by atoms with Crippen molar-refractivity contribution in [2.75, 3.05) is 0 Å². The lowest BCUT2D eigenvalue weighted by Crippen LogP contribution is -2.08. The molecule has 0 spiro atoms. The fourth-order valence-corrected chi connectivity index (χ4v) is 3.47. The van der Waals surface area contributed by atoms with Crippen molar-refractivity contribution in [3.63, 3.8) is 0 Å². The zero-order chi connectivity index (χ0) is 21.1. The van der Waals surface area contributed by atoms with E-state index in [1.54, 1.807) is 29.5 Å². The third-order valence-electron chi connectivity index (χ3n) is 5.19. The zero-order valence-electron chi connectivity index (χ0n) is 17.3. The van der Waals surface area contributed by atoms with Crippen LogP contribution in [-0.4, -0.2) is 30.5 Å². The molecule has 0 saturated carbocycles. The Morgan fingerprint density at radius 3 is 2.57 bits per heavy atom. The molecule has 0 radical (unpaired) electrons. The van der Waals surface area contributed by atoms with Gasteiger partial charge in [-0.2, -0.15) is 5.10 Å². The van der Waals surface area contributed by atoms with E-state index >= 15 is 0 Å². The van der Waals surface area contributed by atoms with E-state index in [-0.39, 0.29) is 12.2 Å². The van der Waals surface area contributed by atoms with E-state index in [2.05, 4.69) is 45.2 Å². The van der Waals surface area contributed by atoms with Crippen molar-refractivity contribution in [3.8, 4) is 22.4 Å². The standard InChI is InChI=1S/C24H23N5O/c1-4-17-5-6-18(19-11-28-29(3)15-19)9-21(17)23-14-26-20(12-27-23)10-24(30)22-13-25-8-7-16(22)2/h5-9,11-15H,4,10H2,1-3H3. The number of ketones is 1. The Balaban J connectivity index is 1.60. The molecule has 0 fully saturated rings. The first kappa shape index (κ1) is 19.6. The van der Waals surface area contributed by atoms with Crippen LogP contribution in [0.15, 0.2) is 61.4 Å². The Morgan fingerprint density at radius 1 is 1.03 bits per heavy atom. The molecule has 0 aliphatic carbocycles. The normalized spacial score (nSPS) is 10.9. The molecular weight excluding hydrogens is 374 g/mol. The molecule has 3 aromatic heterocycles. The fraction of sp³-hybridized carbons (Fsp3) is 0.208. The van der Waals surface area contributed by atoms with E-state index in [0.29, 0.717) is 11.3 Å². The minimum atomic E-state index is -0.00419. The minimum Gasteiger partial charge on any atom is -0.294 e. The zero-order valence-corrected chi connectivity index (χ0v) is 17.3. The molecule has 6 heteroatoms. The lowest BCUT2D eigenvalue weighted by molar-refractivity contribution is 0.0991. The fourth-order valence-electron chi connectivity index (χ4n) is 3.47. The van der Waals surface area contributed by atoms with Gasteiger partial charge in [-0.15, -0.1) is 0 Å². The molecule has 0 saturated heterocycles. The molecule has 4 aromatic rings. The topological polar surface area (TPSA) is 73.6 Å². The summed E-state index contributed by atoms with van der Waals surface area (Å²) in [4.78, 5) is 25.8. The smallest absolute Gasteiger partial charge is 0.170 e. The van der Waals surface area contributed by atoms with Gasteiger partial charge in [0.25, 0.3) is 0 Å². The number of pyridine rings is 1. The Hall–Kier alpha value is -3.67. The first-order valence-electron chi connectivity index (χ1n) is 9.92. The Bertz CT molecular complexity index is 1190. The second-order valence-corrected chi connectivity index (χ2v) is 7.31. The Labute approximate surface area is 175 Å². The summed E-state index contributed by atoms with van der Waals surface area (Å²) in [5, 5.41) is 4.26. The number of hydrogen-bond acceptors (Lipinski definition) is 5. The van der Waals surface area contributed by atoms with Gasteiger partial charge in [0.05, 0.1) is 30.2 Å². The van der Waals surface area contributed by atoms with Gasteiger partial charge in [0, 0.05) is 48.5 Å². The quantitative estimate of drug-likeness (QED) is 0.455. The summed E-state index contributed by atoms with van der Waals surface area (Å²) in [7, 11) is 1.91. The van der Waals surface area contributed by atoms with E-state index in [0.717, 1.165) is 34.4 Å². The van der Waals surface area contributed by atoms with Crippen LogP contribution in [0.5, 0.6) is 0 Å². The van der Waals surface area contributed by atoms with Crippen molar-refractivity contribution in [1.82, 2.24) is 24.7 Å². The van der Waals surface area contributed by atoms with E-state index < -0.39 is 0 Å². The summed E-state index contributed by atoms with van der Waals surface area (Å²) in [6.45, 7) is 4.03. The molecule has 1 aromatic carbocycles. The van der Waals surface area contributed by atoms with Gasteiger partial charge in [0.15, 0.2) is 5.78 Å². The number of rotatable bonds is 6. The highest BCUT2D eigenvalue weighted by atomic mass is 16.1. The first-order chi connectivity index (χ1) is 14.5. The van der Waals surface area contributed by atoms with Crippen LogP contribution in [-0.2, 0) is 19.9 Å². The minimum absolute atomic E-state index is 0.00419. The Kier molecular flexibility index (Phi) is 5.48. The molecule has 150 valence electrons. The van der Waals surface area contributed by atoms with Crippen molar-refractivity contribution in [2.45, 2.75) is 26.7 Å². The summed E-state index contributed by atoms with van der Waals surface area (Å²) >= 11 is 0. The van der Waals surface area contributed by atoms with Crippen LogP contribution in [0.25, 0.3) is 22.4 Å². The van der Waals surface area contributed by atoms with E-state index in [4.69, 9.17) is 0 Å². The van der Waals surface area contributed by atoms with Crippen LogP contribution in [0.4, 0.5) is 0 Å². The maximum atomic E-state index is 12.6. The van der Waals surface area contributed by atoms with Crippen molar-refractivity contribution in [3.05, 3.63) is 83.8 Å². The van der Waals surface area contributed by atoms with Gasteiger partial charge in [-0.3, -0.25) is 24.4 Å². The highest BCUT2D eigenvalue weighted by Crippen LogP contribution is 2.28. The second-order valence-electron chi connectivity index (χ2n) is 7.31. The van der Waals surface area contributed by atoms with Crippen molar-refractivity contribution < 1.29 is 4.79 Å². The predicted molar refractivity (Wildman–Crippen MR) is 116 cm³/mol. The van der Waals surface area contributed by atoms with Crippen LogP contribution < -0.4 is 0 Å². The molecule has 0 unspecified atom stereocenters. The molecule has 0 N–H and O–H groups in total. The van der Waals surface area contributed by atoms with Gasteiger partial charge in [0.2, 0.25) is 0 Å². The third kappa shape index (κ3) is 4.03. The number of nitrogens with zero attached hydrogens (tertiary/aromatic N) is 5. The summed E-state index contributed by atoms with van der Waals surface area (Å²) in [6, 6.07) is 8.20. The van der Waals surface area contributed by atoms with Crippen molar-refractivity contribution >= 4 is 5.78 Å². The van der Waals surface area contributed by atoms with E-state index in [1.807, 2.05) is 32.4 Å². The Morgan fingerprint density at radius 2 is 1.90 bits per heavy atom. The summed E-state index contributed by atoms with van der Waals surface area (Å²) < 4.78 is 1.79. The molecule has 6 nitrogen and oxygen atoms in total. The predicted octanol–water partition coefficient (Wildman–Crippen LogP) is 4.24. The van der Waals surface area contributed by atoms with Gasteiger partial charge in [-0.05, 0) is 42.2 Å². The van der Waals surface area contributed by atoms with Crippen molar-refractivity contribution in [2.24, 2.45) is 7.05 Å². The van der Waals surface area contributed by atoms with Crippen LogP contribution in [0.1, 0.15) is 34.1 Å². The maximum absolute atomic E-state index is 12.6. The van der Waals surface area contributed by atoms with Gasteiger partial charge in [-0.1, -0.05) is 19.1 Å². The average Bonchev–Trinajstić information content (AvgIpc) is 3.20. The van der Waals surface area contributed by atoms with E-state index in [9.17, 15) is 4.79 Å². The number of Topliss-reactive ketones (excluding diaryl/α,β-unsaturated/α-hetero) is 1. The van der Waals surface area contributed by atoms with Crippen LogP contribution in [0.2, 0.25) is 0 Å². The molecule has 30 heavy (non-hydrogen) atoms. The van der Waals surface area contributed by atoms with Gasteiger partial charge >= 0.3 is 0 Å². The molecular formula is C24H23N5O. The summed E-state index contributed by atoms with van der Waals surface area (Å²) in [6.07, 6.45) is 11.7. The number of aromatic nitrogens is 5. The monoisotopic (exact) mass is 397 g/mol. The first-order valence-corrected chi connectivity index (χ1v) is 9.92. The molecule has 0 amide bonds. The second kappa shape index (κ2) is 8.37. The maximum Gasteiger partial charge on any atom is 0.170 e. The van der Waals surface area contributed by atoms with Gasteiger partial charge < -0.3 is 0 Å². The molecule has 0 atom stereocenters. The lowest BCUT2D eigenvalue weighted by atomic mass is 9.97. The van der Waals surface area contributed by atoms with Gasteiger partial charge in [0.1, 0.15) is 0 Å². The van der Waals surface area contributed by atoms with E-state index in [1.165, 1.54) is 5.56 Å². The number of aryl methyl sites for hydroxylation is 3. The molecule has 0 bridgehead atoms. The number of hydrogen-bond donors (Lipinski definition) is 0. The third-order valence-corrected chi connectivity index (χ3v) is 5.19. The SMILES string of the molecule is CCc1ccc(-c2cnn(C)c2)cc1-c1cnc(CC(=O)c2cnccc2C)cn1. The summed E-state index contributed by atoms with van der Waals surface area (Å²) in [5.74, 6) is -0.00419. The van der Waals surface area contributed by atoms with Crippen LogP contribution >= 0.6 is 0 Å². The highest BCUT2D eigenvalue weighted by Gasteiger charge is 2.13. The average molecular weight is 397 g/mol. The number of carbonyl (C=O) groups excluding carboxylic acids is 1. The molecule has 0 aliphatic heterocycles. The number of benzene rings is 1. The van der Waals surface area contributed by atoms with Crippen LogP contribution in [0.3, 0.4) is 0 Å². The summed E-state index contributed by atoms with van der Waals surface area (Å²) in [5.41, 5.74) is 7.38. The molecule has 0 aliphatic rings. The number of carbonyl (C=O) groups is 1. The lowest BCUT2D eigenvalue weighted by Gasteiger charge is -2.10. The molecule has 4 rings (SSSR count). The van der Waals surface area contributed by atoms with Crippen LogP contribution in [0, 0.1) is 6.92 Å². The highest BCUT2D eigenvalue weighted by molar-refractivity contribution is 5.98. The largest absolute Gasteiger partial charge is 0.294 e.